The number of hydrogen-bond donors (Lipinski definition) is 2. The Hall–Kier alpha value is -2.40. The molecule has 0 amide bonds. The lowest BCUT2D eigenvalue weighted by Gasteiger charge is -2.03. The van der Waals surface area contributed by atoms with E-state index >= 15 is 0 Å². The summed E-state index contributed by atoms with van der Waals surface area (Å²) in [5, 5.41) is 15.6. The fourth-order valence-electron chi connectivity index (χ4n) is 1.84. The lowest BCUT2D eigenvalue weighted by molar-refractivity contribution is 0.824. The van der Waals surface area contributed by atoms with Crippen molar-refractivity contribution in [3.63, 3.8) is 0 Å². The average molecular weight is 274 g/mol. The lowest BCUT2D eigenvalue weighted by Crippen LogP contribution is -2.10. The van der Waals surface area contributed by atoms with Crippen molar-refractivity contribution in [1.82, 2.24) is 15.0 Å². The number of para-hydroxylation sites is 1. The summed E-state index contributed by atoms with van der Waals surface area (Å²) in [4.78, 5) is 0. The van der Waals surface area contributed by atoms with E-state index in [0.29, 0.717) is 5.56 Å². The minimum Gasteiger partial charge on any atom is -0.384 e. The second kappa shape index (κ2) is 5.07. The Morgan fingerprint density at radius 3 is 2.42 bits per heavy atom. The van der Waals surface area contributed by atoms with Gasteiger partial charge in [-0.15, -0.1) is 17.5 Å². The van der Waals surface area contributed by atoms with Crippen LogP contribution < -0.4 is 5.73 Å². The molecule has 0 atom stereocenters. The Morgan fingerprint density at radius 2 is 1.74 bits per heavy atom. The van der Waals surface area contributed by atoms with Crippen LogP contribution in [0.3, 0.4) is 0 Å². The van der Waals surface area contributed by atoms with Crippen LogP contribution in [0.15, 0.2) is 48.5 Å². The molecule has 96 valence electrons. The number of nitrogen functional groups attached to an aromatic ring is 1. The highest BCUT2D eigenvalue weighted by Gasteiger charge is 2.05. The first-order chi connectivity index (χ1) is 8.75. The van der Waals surface area contributed by atoms with Crippen LogP contribution in [0, 0.1) is 5.41 Å². The molecule has 0 bridgehead atoms. The van der Waals surface area contributed by atoms with Crippen LogP contribution in [-0.2, 0) is 0 Å². The lowest BCUT2D eigenvalue weighted by atomic mass is 10.2. The van der Waals surface area contributed by atoms with E-state index in [0.717, 1.165) is 16.7 Å². The molecule has 3 aromatic rings. The summed E-state index contributed by atoms with van der Waals surface area (Å²) in [7, 11) is 0. The summed E-state index contributed by atoms with van der Waals surface area (Å²) >= 11 is 0. The molecule has 0 saturated heterocycles. The van der Waals surface area contributed by atoms with Crippen molar-refractivity contribution in [2.45, 2.75) is 0 Å². The van der Waals surface area contributed by atoms with Gasteiger partial charge >= 0.3 is 0 Å². The van der Waals surface area contributed by atoms with Crippen molar-refractivity contribution in [3.05, 3.63) is 54.1 Å². The minimum atomic E-state index is 0. The summed E-state index contributed by atoms with van der Waals surface area (Å²) < 4.78 is 1.76. The van der Waals surface area contributed by atoms with E-state index in [4.69, 9.17) is 11.1 Å². The van der Waals surface area contributed by atoms with Crippen LogP contribution in [0.2, 0.25) is 0 Å². The predicted molar refractivity (Wildman–Crippen MR) is 77.1 cm³/mol. The highest BCUT2D eigenvalue weighted by molar-refractivity contribution is 5.95. The number of nitrogens with two attached hydrogens (primary N) is 1. The van der Waals surface area contributed by atoms with E-state index in [1.807, 2.05) is 36.4 Å². The molecule has 3 rings (SSSR count). The number of rotatable bonds is 2. The predicted octanol–water partition coefficient (Wildman–Crippen LogP) is 2.13. The molecule has 2 aromatic carbocycles. The Kier molecular flexibility index (Phi) is 3.48. The van der Waals surface area contributed by atoms with Crippen LogP contribution >= 0.6 is 12.4 Å². The number of halogens is 1. The first-order valence-electron chi connectivity index (χ1n) is 5.51. The van der Waals surface area contributed by atoms with E-state index in [9.17, 15) is 0 Å². The van der Waals surface area contributed by atoms with Gasteiger partial charge in [0.05, 0.1) is 11.2 Å². The van der Waals surface area contributed by atoms with Gasteiger partial charge in [0.2, 0.25) is 0 Å². The smallest absolute Gasteiger partial charge is 0.122 e. The fraction of sp³-hybridized carbons (Fsp3) is 0. The standard InChI is InChI=1S/C13H11N5.ClH/c14-13(15)9-5-7-10(8-6-9)18-12-4-2-1-3-11(12)16-17-18;/h1-8H,(H3,14,15);1H. The van der Waals surface area contributed by atoms with Gasteiger partial charge < -0.3 is 5.73 Å². The molecule has 0 spiro atoms. The zero-order valence-electron chi connectivity index (χ0n) is 9.95. The zero-order valence-corrected chi connectivity index (χ0v) is 10.8. The zero-order chi connectivity index (χ0) is 12.5. The van der Waals surface area contributed by atoms with Crippen LogP contribution in [0.5, 0.6) is 0 Å². The number of nitrogens with zero attached hydrogens (tertiary/aromatic N) is 3. The van der Waals surface area contributed by atoms with E-state index in [-0.39, 0.29) is 18.2 Å². The molecule has 0 aliphatic carbocycles. The monoisotopic (exact) mass is 273 g/mol. The van der Waals surface area contributed by atoms with Crippen LogP contribution in [-0.4, -0.2) is 20.8 Å². The fourth-order valence-corrected chi connectivity index (χ4v) is 1.84. The SMILES string of the molecule is Cl.N=C(N)c1ccc(-n2nnc3ccccc32)cc1. The van der Waals surface area contributed by atoms with Crippen LogP contribution in [0.1, 0.15) is 5.56 Å². The molecular weight excluding hydrogens is 262 g/mol. The molecule has 1 aromatic heterocycles. The number of benzene rings is 2. The summed E-state index contributed by atoms with van der Waals surface area (Å²) in [6, 6.07) is 15.1. The summed E-state index contributed by atoms with van der Waals surface area (Å²) in [6.07, 6.45) is 0. The number of aromatic nitrogens is 3. The Labute approximate surface area is 116 Å². The summed E-state index contributed by atoms with van der Waals surface area (Å²) in [5.41, 5.74) is 8.82. The molecule has 0 radical (unpaired) electrons. The maximum Gasteiger partial charge on any atom is 0.122 e. The van der Waals surface area contributed by atoms with Crippen LogP contribution in [0.25, 0.3) is 16.7 Å². The van der Waals surface area contributed by atoms with Crippen molar-refractivity contribution < 1.29 is 0 Å². The summed E-state index contributed by atoms with van der Waals surface area (Å²) in [6.45, 7) is 0. The quantitative estimate of drug-likeness (QED) is 0.554. The third kappa shape index (κ3) is 2.28. The normalized spacial score (nSPS) is 10.1. The van der Waals surface area contributed by atoms with E-state index < -0.39 is 0 Å². The Morgan fingerprint density at radius 1 is 1.05 bits per heavy atom. The first-order valence-corrected chi connectivity index (χ1v) is 5.51. The molecule has 19 heavy (non-hydrogen) atoms. The van der Waals surface area contributed by atoms with E-state index in [1.54, 1.807) is 16.8 Å². The molecule has 1 heterocycles. The Bertz CT molecular complexity index is 717. The second-order valence-corrected chi connectivity index (χ2v) is 3.95. The van der Waals surface area contributed by atoms with Gasteiger partial charge in [-0.05, 0) is 36.4 Å². The van der Waals surface area contributed by atoms with Gasteiger partial charge in [-0.2, -0.15) is 0 Å². The van der Waals surface area contributed by atoms with Gasteiger partial charge in [0.1, 0.15) is 11.4 Å². The molecular formula is C13H12ClN5. The maximum atomic E-state index is 7.35. The van der Waals surface area contributed by atoms with E-state index in [1.165, 1.54) is 0 Å². The third-order valence-electron chi connectivity index (χ3n) is 2.77. The topological polar surface area (TPSA) is 80.6 Å². The minimum absolute atomic E-state index is 0. The molecule has 0 unspecified atom stereocenters. The molecule has 3 N–H and O–H groups in total. The van der Waals surface area contributed by atoms with Gasteiger partial charge in [-0.1, -0.05) is 17.3 Å². The number of fused-ring (bicyclic) bond motifs is 1. The maximum absolute atomic E-state index is 7.35. The highest BCUT2D eigenvalue weighted by Crippen LogP contribution is 2.16. The van der Waals surface area contributed by atoms with Gasteiger partial charge in [0.25, 0.3) is 0 Å². The van der Waals surface area contributed by atoms with Gasteiger partial charge in [-0.3, -0.25) is 5.41 Å². The molecule has 0 aliphatic rings. The molecule has 0 aliphatic heterocycles. The molecule has 0 saturated carbocycles. The third-order valence-corrected chi connectivity index (χ3v) is 2.77. The van der Waals surface area contributed by atoms with Crippen LogP contribution in [0.4, 0.5) is 0 Å². The number of amidine groups is 1. The van der Waals surface area contributed by atoms with Gasteiger partial charge in [0.15, 0.2) is 0 Å². The Balaban J connectivity index is 0.00000133. The van der Waals surface area contributed by atoms with Crippen molar-refractivity contribution >= 4 is 29.3 Å². The largest absolute Gasteiger partial charge is 0.384 e. The highest BCUT2D eigenvalue weighted by atomic mass is 35.5. The van der Waals surface area contributed by atoms with Crippen molar-refractivity contribution in [2.24, 2.45) is 5.73 Å². The van der Waals surface area contributed by atoms with Crippen molar-refractivity contribution in [1.29, 1.82) is 5.41 Å². The number of hydrogen-bond acceptors (Lipinski definition) is 3. The first kappa shape index (κ1) is 13.0. The average Bonchev–Trinajstić information content (AvgIpc) is 2.82. The van der Waals surface area contributed by atoms with Crippen molar-refractivity contribution in [2.75, 3.05) is 0 Å². The number of nitrogens with one attached hydrogen (secondary N) is 1. The van der Waals surface area contributed by atoms with Gasteiger partial charge in [0, 0.05) is 5.56 Å². The summed E-state index contributed by atoms with van der Waals surface area (Å²) in [5.74, 6) is 0.0602. The van der Waals surface area contributed by atoms with Gasteiger partial charge in [-0.25, -0.2) is 4.68 Å². The van der Waals surface area contributed by atoms with Crippen molar-refractivity contribution in [3.8, 4) is 5.69 Å². The molecule has 0 fully saturated rings. The molecule has 6 heteroatoms. The second-order valence-electron chi connectivity index (χ2n) is 3.95. The van der Waals surface area contributed by atoms with E-state index in [2.05, 4.69) is 10.3 Å². The molecule has 5 nitrogen and oxygen atoms in total.